The van der Waals surface area contributed by atoms with Gasteiger partial charge in [0.15, 0.2) is 0 Å². The zero-order valence-corrected chi connectivity index (χ0v) is 22.6. The van der Waals surface area contributed by atoms with Crippen LogP contribution in [0.2, 0.25) is 10.0 Å². The van der Waals surface area contributed by atoms with Gasteiger partial charge in [-0.2, -0.15) is 5.10 Å². The number of H-pyrrole nitrogens is 1. The number of amides is 3. The highest BCUT2D eigenvalue weighted by Crippen LogP contribution is 2.27. The number of hydrogen-bond donors (Lipinski definition) is 4. The highest BCUT2D eigenvalue weighted by atomic mass is 35.5. The molecule has 9 nitrogen and oxygen atoms in total. The van der Waals surface area contributed by atoms with E-state index in [1.165, 1.54) is 0 Å². The minimum Gasteiger partial charge on any atom is -0.379 e. The van der Waals surface area contributed by atoms with Crippen LogP contribution in [0.5, 0.6) is 0 Å². The van der Waals surface area contributed by atoms with Gasteiger partial charge in [-0.1, -0.05) is 47.5 Å². The third kappa shape index (κ3) is 7.07. The zero-order valence-electron chi connectivity index (χ0n) is 21.1. The van der Waals surface area contributed by atoms with Crippen molar-refractivity contribution in [3.8, 4) is 11.1 Å². The van der Waals surface area contributed by atoms with Gasteiger partial charge in [0.05, 0.1) is 40.9 Å². The number of anilines is 2. The Morgan fingerprint density at radius 2 is 1.62 bits per heavy atom. The molecule has 1 aliphatic heterocycles. The average molecular weight is 567 g/mol. The molecule has 1 fully saturated rings. The fourth-order valence-corrected chi connectivity index (χ4v) is 4.69. The molecule has 0 aliphatic carbocycles. The van der Waals surface area contributed by atoms with E-state index in [4.69, 9.17) is 27.9 Å². The summed E-state index contributed by atoms with van der Waals surface area (Å²) in [6, 6.07) is 17.9. The molecule has 3 aromatic carbocycles. The Balaban J connectivity index is 1.16. The number of aromatic amines is 1. The van der Waals surface area contributed by atoms with Gasteiger partial charge in [-0.15, -0.1) is 0 Å². The van der Waals surface area contributed by atoms with Crippen molar-refractivity contribution >= 4 is 57.4 Å². The number of nitrogens with one attached hydrogen (secondary N) is 4. The van der Waals surface area contributed by atoms with Crippen LogP contribution in [0.25, 0.3) is 22.0 Å². The number of nitrogens with zero attached hydrogens (tertiary/aromatic N) is 2. The highest BCUT2D eigenvalue weighted by Gasteiger charge is 2.13. The van der Waals surface area contributed by atoms with E-state index >= 15 is 0 Å². The van der Waals surface area contributed by atoms with Crippen LogP contribution in [0.4, 0.5) is 16.2 Å². The highest BCUT2D eigenvalue weighted by molar-refractivity contribution is 6.42. The van der Waals surface area contributed by atoms with Gasteiger partial charge in [-0.05, 0) is 47.5 Å². The number of morpholine rings is 1. The van der Waals surface area contributed by atoms with Crippen LogP contribution in [0.1, 0.15) is 5.69 Å². The fourth-order valence-electron chi connectivity index (χ4n) is 4.40. The normalized spacial score (nSPS) is 13.8. The molecule has 0 bridgehead atoms. The maximum Gasteiger partial charge on any atom is 0.323 e. The molecular weight excluding hydrogens is 539 g/mol. The molecule has 5 rings (SSSR count). The minimum absolute atomic E-state index is 0.0378. The summed E-state index contributed by atoms with van der Waals surface area (Å²) in [4.78, 5) is 27.1. The van der Waals surface area contributed by atoms with E-state index in [-0.39, 0.29) is 12.3 Å². The van der Waals surface area contributed by atoms with Crippen molar-refractivity contribution in [1.82, 2.24) is 20.4 Å². The number of carbonyl (C=O) groups excluding carboxylic acids is 2. The number of carbonyl (C=O) groups is 2. The third-order valence-electron chi connectivity index (χ3n) is 6.48. The van der Waals surface area contributed by atoms with Gasteiger partial charge < -0.3 is 20.7 Å². The Labute approximate surface area is 235 Å². The molecule has 0 atom stereocenters. The van der Waals surface area contributed by atoms with Gasteiger partial charge >= 0.3 is 6.03 Å². The number of aromatic nitrogens is 2. The van der Waals surface area contributed by atoms with Crippen LogP contribution in [0.15, 0.2) is 60.7 Å². The lowest BCUT2D eigenvalue weighted by Gasteiger charge is -2.26. The standard InChI is InChI=1S/C28H28Cl2N6O3/c29-23-8-6-21(16-24(23)30)33-28(38)32-20-4-1-18(2-5-20)19-3-7-22-25(15-19)34-35-26(22)17-27(37)31-9-10-36-11-13-39-14-12-36/h1-8,15-16H,9-14,17H2,(H,31,37)(H,34,35)(H2,32,33,38). The Morgan fingerprint density at radius 1 is 0.897 bits per heavy atom. The number of halogens is 2. The Morgan fingerprint density at radius 3 is 2.38 bits per heavy atom. The summed E-state index contributed by atoms with van der Waals surface area (Å²) in [6.07, 6.45) is 0.240. The number of hydrogen-bond acceptors (Lipinski definition) is 5. The van der Waals surface area contributed by atoms with Crippen LogP contribution >= 0.6 is 23.2 Å². The molecule has 11 heteroatoms. The lowest BCUT2D eigenvalue weighted by atomic mass is 10.0. The summed E-state index contributed by atoms with van der Waals surface area (Å²) < 4.78 is 5.35. The van der Waals surface area contributed by atoms with Crippen molar-refractivity contribution in [2.45, 2.75) is 6.42 Å². The van der Waals surface area contributed by atoms with E-state index in [1.54, 1.807) is 18.2 Å². The van der Waals surface area contributed by atoms with E-state index in [1.807, 2.05) is 42.5 Å². The van der Waals surface area contributed by atoms with Gasteiger partial charge in [-0.3, -0.25) is 14.8 Å². The lowest BCUT2D eigenvalue weighted by Crippen LogP contribution is -2.41. The topological polar surface area (TPSA) is 111 Å². The van der Waals surface area contributed by atoms with Crippen molar-refractivity contribution in [2.75, 3.05) is 50.0 Å². The van der Waals surface area contributed by atoms with E-state index in [0.29, 0.717) is 28.0 Å². The number of rotatable bonds is 8. The molecule has 4 aromatic rings. The molecule has 0 unspecified atom stereocenters. The second kappa shape index (κ2) is 12.5. The summed E-state index contributed by atoms with van der Waals surface area (Å²) >= 11 is 11.9. The molecule has 0 saturated carbocycles. The summed E-state index contributed by atoms with van der Waals surface area (Å²) in [7, 11) is 0. The Bertz CT molecular complexity index is 1470. The van der Waals surface area contributed by atoms with Crippen LogP contribution in [0.3, 0.4) is 0 Å². The van der Waals surface area contributed by atoms with Crippen molar-refractivity contribution in [3.05, 3.63) is 76.4 Å². The van der Waals surface area contributed by atoms with Crippen molar-refractivity contribution < 1.29 is 14.3 Å². The maximum absolute atomic E-state index is 12.5. The zero-order chi connectivity index (χ0) is 27.2. The molecule has 4 N–H and O–H groups in total. The largest absolute Gasteiger partial charge is 0.379 e. The van der Waals surface area contributed by atoms with Crippen LogP contribution < -0.4 is 16.0 Å². The van der Waals surface area contributed by atoms with Crippen LogP contribution in [0, 0.1) is 0 Å². The molecular formula is C28H28Cl2N6O3. The minimum atomic E-state index is -0.392. The number of fused-ring (bicyclic) bond motifs is 1. The van der Waals surface area contributed by atoms with Gasteiger partial charge in [0.25, 0.3) is 0 Å². The molecule has 39 heavy (non-hydrogen) atoms. The first kappa shape index (κ1) is 27.0. The van der Waals surface area contributed by atoms with Crippen molar-refractivity contribution in [2.24, 2.45) is 0 Å². The molecule has 3 amide bonds. The van der Waals surface area contributed by atoms with Gasteiger partial charge in [-0.25, -0.2) is 4.79 Å². The first-order valence-corrected chi connectivity index (χ1v) is 13.4. The molecule has 2 heterocycles. The van der Waals surface area contributed by atoms with E-state index in [9.17, 15) is 9.59 Å². The molecule has 0 spiro atoms. The number of benzene rings is 3. The third-order valence-corrected chi connectivity index (χ3v) is 7.22. The molecule has 0 radical (unpaired) electrons. The average Bonchev–Trinajstić information content (AvgIpc) is 3.33. The molecule has 1 saturated heterocycles. The Kier molecular flexibility index (Phi) is 8.63. The summed E-state index contributed by atoms with van der Waals surface area (Å²) in [5, 5.41) is 17.6. The Hall–Kier alpha value is -3.63. The lowest BCUT2D eigenvalue weighted by molar-refractivity contribution is -0.120. The number of urea groups is 1. The van der Waals surface area contributed by atoms with Crippen molar-refractivity contribution in [1.29, 1.82) is 0 Å². The second-order valence-corrected chi connectivity index (χ2v) is 10.0. The van der Waals surface area contributed by atoms with E-state index < -0.39 is 6.03 Å². The van der Waals surface area contributed by atoms with Crippen molar-refractivity contribution in [3.63, 3.8) is 0 Å². The first-order valence-electron chi connectivity index (χ1n) is 12.6. The van der Waals surface area contributed by atoms with E-state index in [2.05, 4.69) is 31.0 Å². The van der Waals surface area contributed by atoms with Crippen LogP contribution in [-0.4, -0.2) is 66.4 Å². The molecule has 202 valence electrons. The summed E-state index contributed by atoms with van der Waals surface area (Å²) in [5.74, 6) is -0.0378. The van der Waals surface area contributed by atoms with Gasteiger partial charge in [0, 0.05) is 42.9 Å². The number of ether oxygens (including phenoxy) is 1. The molecule has 1 aliphatic rings. The molecule has 1 aromatic heterocycles. The fraction of sp³-hybridized carbons (Fsp3) is 0.250. The monoisotopic (exact) mass is 566 g/mol. The SMILES string of the molecule is O=C(Cc1[nH]nc2cc(-c3ccc(NC(=O)Nc4ccc(Cl)c(Cl)c4)cc3)ccc12)NCCN1CCOCC1. The maximum atomic E-state index is 12.5. The summed E-state index contributed by atoms with van der Waals surface area (Å²) in [5.41, 5.74) is 4.69. The van der Waals surface area contributed by atoms with Crippen LogP contribution in [-0.2, 0) is 16.0 Å². The van der Waals surface area contributed by atoms with Gasteiger partial charge in [0.1, 0.15) is 0 Å². The van der Waals surface area contributed by atoms with Gasteiger partial charge in [0.2, 0.25) is 5.91 Å². The summed E-state index contributed by atoms with van der Waals surface area (Å²) in [6.45, 7) is 4.72. The smallest absolute Gasteiger partial charge is 0.323 e. The predicted molar refractivity (Wildman–Crippen MR) is 155 cm³/mol. The first-order chi connectivity index (χ1) is 18.9. The predicted octanol–water partition coefficient (Wildman–Crippen LogP) is 5.17. The van der Waals surface area contributed by atoms with E-state index in [0.717, 1.165) is 60.6 Å². The second-order valence-electron chi connectivity index (χ2n) is 9.20. The quantitative estimate of drug-likeness (QED) is 0.235.